The van der Waals surface area contributed by atoms with Gasteiger partial charge in [0, 0.05) is 24.1 Å². The van der Waals surface area contributed by atoms with Crippen molar-refractivity contribution < 1.29 is 23.6 Å². The Kier molecular flexibility index (Phi) is 6.70. The Morgan fingerprint density at radius 3 is 2.48 bits per heavy atom. The van der Waals surface area contributed by atoms with Crippen LogP contribution in [0.5, 0.6) is 5.75 Å². The molecular formula is C24H19N3O5S. The number of aromatic nitrogens is 1. The number of carbonyl (C=O) groups excluding carboxylic acids is 3. The first-order chi connectivity index (χ1) is 16.0. The maximum atomic E-state index is 13.0. The van der Waals surface area contributed by atoms with Crippen molar-refractivity contribution in [3.05, 3.63) is 95.2 Å². The normalized spacial score (nSPS) is 12.5. The third-order valence-electron chi connectivity index (χ3n) is 4.57. The molecule has 0 bridgehead atoms. The Balaban J connectivity index is 1.36. The standard InChI is InChI=1S/C24H19N3O5S/c1-15(26-16-8-4-2-5-9-16)21-20-22(29)19(14-18(28)23(20)32-27-21)33-13-12-25-24(30)31-17-10-6-3-7-11-17/h2-11,14,26H,1,12-13H2,(H,25,30). The van der Waals surface area contributed by atoms with Crippen LogP contribution < -0.4 is 15.4 Å². The molecule has 1 aromatic heterocycles. The lowest BCUT2D eigenvalue weighted by atomic mass is 9.99. The van der Waals surface area contributed by atoms with Crippen LogP contribution in [0.1, 0.15) is 26.6 Å². The summed E-state index contributed by atoms with van der Waals surface area (Å²) in [4.78, 5) is 37.6. The molecule has 2 aromatic carbocycles. The van der Waals surface area contributed by atoms with Gasteiger partial charge in [-0.3, -0.25) is 9.59 Å². The number of nitrogens with zero attached hydrogens (tertiary/aromatic N) is 1. The average Bonchev–Trinajstić information content (AvgIpc) is 3.27. The zero-order valence-electron chi connectivity index (χ0n) is 17.4. The third kappa shape index (κ3) is 5.21. The number of nitrogens with one attached hydrogen (secondary N) is 2. The van der Waals surface area contributed by atoms with Crippen LogP contribution in [0.3, 0.4) is 0 Å². The smallest absolute Gasteiger partial charge is 0.410 e. The van der Waals surface area contributed by atoms with E-state index in [-0.39, 0.29) is 34.3 Å². The molecule has 8 nitrogen and oxygen atoms in total. The largest absolute Gasteiger partial charge is 0.412 e. The topological polar surface area (TPSA) is 111 Å². The second-order valence-corrected chi connectivity index (χ2v) is 8.02. The van der Waals surface area contributed by atoms with Gasteiger partial charge in [0.2, 0.25) is 17.3 Å². The number of anilines is 1. The molecule has 3 aromatic rings. The molecule has 1 amide bonds. The number of Topliss-reactive ketones (excluding diaryl/α,β-unsaturated/α-hetero) is 1. The summed E-state index contributed by atoms with van der Waals surface area (Å²) in [6, 6.07) is 17.9. The van der Waals surface area contributed by atoms with E-state index in [0.717, 1.165) is 17.4 Å². The number of hydrogen-bond donors (Lipinski definition) is 2. The molecule has 4 rings (SSSR count). The lowest BCUT2D eigenvalue weighted by Crippen LogP contribution is -2.29. The summed E-state index contributed by atoms with van der Waals surface area (Å²) in [5, 5.41) is 9.56. The van der Waals surface area contributed by atoms with E-state index in [9.17, 15) is 14.4 Å². The van der Waals surface area contributed by atoms with Crippen molar-refractivity contribution in [3.8, 4) is 5.75 Å². The second kappa shape index (κ2) is 10.0. The third-order valence-corrected chi connectivity index (χ3v) is 5.59. The van der Waals surface area contributed by atoms with Crippen LogP contribution in [0.15, 0.2) is 82.7 Å². The second-order valence-electron chi connectivity index (χ2n) is 6.88. The summed E-state index contributed by atoms with van der Waals surface area (Å²) in [6.07, 6.45) is 0.619. The minimum Gasteiger partial charge on any atom is -0.410 e. The summed E-state index contributed by atoms with van der Waals surface area (Å²) in [6.45, 7) is 4.17. The van der Waals surface area contributed by atoms with Crippen molar-refractivity contribution in [1.29, 1.82) is 0 Å². The Hall–Kier alpha value is -4.11. The van der Waals surface area contributed by atoms with Crippen LogP contribution in [0.2, 0.25) is 0 Å². The highest BCUT2D eigenvalue weighted by Gasteiger charge is 2.34. The maximum Gasteiger partial charge on any atom is 0.412 e. The van der Waals surface area contributed by atoms with Gasteiger partial charge in [-0.15, -0.1) is 11.8 Å². The van der Waals surface area contributed by atoms with Gasteiger partial charge < -0.3 is 19.9 Å². The number of para-hydroxylation sites is 2. The maximum absolute atomic E-state index is 13.0. The minimum absolute atomic E-state index is 0.0786. The predicted molar refractivity (Wildman–Crippen MR) is 125 cm³/mol. The van der Waals surface area contributed by atoms with Crippen molar-refractivity contribution in [1.82, 2.24) is 10.5 Å². The minimum atomic E-state index is -0.603. The van der Waals surface area contributed by atoms with Gasteiger partial charge in [0.05, 0.1) is 10.6 Å². The Bertz CT molecular complexity index is 1240. The van der Waals surface area contributed by atoms with Gasteiger partial charge >= 0.3 is 6.09 Å². The van der Waals surface area contributed by atoms with Crippen molar-refractivity contribution in [2.45, 2.75) is 0 Å². The van der Waals surface area contributed by atoms with E-state index in [0.29, 0.717) is 17.2 Å². The zero-order valence-corrected chi connectivity index (χ0v) is 18.2. The molecule has 0 fully saturated rings. The molecular weight excluding hydrogens is 442 g/mol. The number of amides is 1. The summed E-state index contributed by atoms with van der Waals surface area (Å²) in [5.74, 6) is -0.160. The number of hydrogen-bond acceptors (Lipinski definition) is 8. The van der Waals surface area contributed by atoms with Gasteiger partial charge in [-0.05, 0) is 24.3 Å². The monoisotopic (exact) mass is 461 g/mol. The van der Waals surface area contributed by atoms with Crippen molar-refractivity contribution in [2.75, 3.05) is 17.6 Å². The summed E-state index contributed by atoms with van der Waals surface area (Å²) in [5.41, 5.74) is 1.36. The Labute approximate surface area is 193 Å². The first-order valence-electron chi connectivity index (χ1n) is 9.98. The molecule has 0 atom stereocenters. The number of allylic oxidation sites excluding steroid dienone is 2. The molecule has 9 heteroatoms. The van der Waals surface area contributed by atoms with Gasteiger partial charge in [-0.2, -0.15) is 0 Å². The van der Waals surface area contributed by atoms with Crippen LogP contribution in [0, 0.1) is 0 Å². The quantitative estimate of drug-likeness (QED) is 0.471. The summed E-state index contributed by atoms with van der Waals surface area (Å²) in [7, 11) is 0. The fourth-order valence-corrected chi connectivity index (χ4v) is 3.90. The fourth-order valence-electron chi connectivity index (χ4n) is 3.06. The highest BCUT2D eigenvalue weighted by molar-refractivity contribution is 8.04. The molecule has 0 radical (unpaired) electrons. The number of carbonyl (C=O) groups is 3. The first-order valence-corrected chi connectivity index (χ1v) is 11.0. The molecule has 166 valence electrons. The average molecular weight is 461 g/mol. The van der Waals surface area contributed by atoms with E-state index in [1.54, 1.807) is 24.3 Å². The predicted octanol–water partition coefficient (Wildman–Crippen LogP) is 4.54. The van der Waals surface area contributed by atoms with Crippen molar-refractivity contribution in [2.24, 2.45) is 0 Å². The molecule has 0 unspecified atom stereocenters. The number of thioether (sulfide) groups is 1. The van der Waals surface area contributed by atoms with Gasteiger partial charge in [0.15, 0.2) is 0 Å². The number of rotatable bonds is 8. The number of ketones is 2. The molecule has 33 heavy (non-hydrogen) atoms. The molecule has 1 aliphatic carbocycles. The van der Waals surface area contributed by atoms with Gasteiger partial charge in [0.25, 0.3) is 0 Å². The van der Waals surface area contributed by atoms with Gasteiger partial charge in [-0.25, -0.2) is 4.79 Å². The van der Waals surface area contributed by atoms with Crippen LogP contribution in [0.25, 0.3) is 5.70 Å². The highest BCUT2D eigenvalue weighted by atomic mass is 32.2. The number of fused-ring (bicyclic) bond motifs is 1. The van der Waals surface area contributed by atoms with Crippen molar-refractivity contribution in [3.63, 3.8) is 0 Å². The van der Waals surface area contributed by atoms with E-state index in [2.05, 4.69) is 22.4 Å². The lowest BCUT2D eigenvalue weighted by molar-refractivity contribution is 0.0967. The van der Waals surface area contributed by atoms with Crippen LogP contribution in [-0.2, 0) is 0 Å². The Morgan fingerprint density at radius 2 is 1.76 bits per heavy atom. The van der Waals surface area contributed by atoms with Crippen LogP contribution in [-0.4, -0.2) is 35.1 Å². The molecule has 2 N–H and O–H groups in total. The fraction of sp³-hybridized carbons (Fsp3) is 0.0833. The molecule has 0 saturated carbocycles. The molecule has 0 saturated heterocycles. The van der Waals surface area contributed by atoms with E-state index in [4.69, 9.17) is 9.26 Å². The Morgan fingerprint density at radius 1 is 1.06 bits per heavy atom. The van der Waals surface area contributed by atoms with Crippen LogP contribution in [0.4, 0.5) is 10.5 Å². The SMILES string of the molecule is C=C(Nc1ccccc1)c1noc2c1C(=O)C(SCCNC(=O)Oc1ccccc1)=CC2=O. The van der Waals surface area contributed by atoms with Crippen LogP contribution >= 0.6 is 11.8 Å². The number of ether oxygens (including phenoxy) is 1. The van der Waals surface area contributed by atoms with E-state index < -0.39 is 11.9 Å². The lowest BCUT2D eigenvalue weighted by Gasteiger charge is -2.13. The summed E-state index contributed by atoms with van der Waals surface area (Å²) >= 11 is 1.15. The highest BCUT2D eigenvalue weighted by Crippen LogP contribution is 2.32. The van der Waals surface area contributed by atoms with E-state index in [1.165, 1.54) is 6.08 Å². The number of benzene rings is 2. The molecule has 1 aliphatic rings. The zero-order chi connectivity index (χ0) is 23.2. The molecule has 0 spiro atoms. The van der Waals surface area contributed by atoms with E-state index >= 15 is 0 Å². The molecule has 1 heterocycles. The first kappa shape index (κ1) is 22.1. The van der Waals surface area contributed by atoms with Gasteiger partial charge in [-0.1, -0.05) is 48.1 Å². The van der Waals surface area contributed by atoms with Gasteiger partial charge in [0.1, 0.15) is 17.0 Å². The summed E-state index contributed by atoms with van der Waals surface area (Å²) < 4.78 is 10.3. The van der Waals surface area contributed by atoms with E-state index in [1.807, 2.05) is 36.4 Å². The van der Waals surface area contributed by atoms with Crippen molar-refractivity contribution >= 4 is 40.8 Å². The molecule has 0 aliphatic heterocycles.